The Labute approximate surface area is 174 Å². The van der Waals surface area contributed by atoms with Gasteiger partial charge in [-0.05, 0) is 35.5 Å². The van der Waals surface area contributed by atoms with E-state index in [2.05, 4.69) is 55.4 Å². The summed E-state index contributed by atoms with van der Waals surface area (Å²) in [6.45, 7) is 19.3. The number of hydrogen-bond acceptors (Lipinski definition) is 0. The number of hydrogen-bond donors (Lipinski definition) is 0. The van der Waals surface area contributed by atoms with Crippen LogP contribution in [0.25, 0.3) is 0 Å². The van der Waals surface area contributed by atoms with E-state index in [4.69, 9.17) is 0 Å². The van der Waals surface area contributed by atoms with Gasteiger partial charge in [0.05, 0.1) is 0 Å². The Balaban J connectivity index is 3.53. The van der Waals surface area contributed by atoms with Crippen molar-refractivity contribution < 1.29 is 0 Å². The summed E-state index contributed by atoms with van der Waals surface area (Å²) in [5, 5.41) is 0. The summed E-state index contributed by atoms with van der Waals surface area (Å²) in [6.07, 6.45) is 18.8. The molecule has 0 nitrogen and oxygen atoms in total. The van der Waals surface area contributed by atoms with Gasteiger partial charge >= 0.3 is 0 Å². The predicted molar refractivity (Wildman–Crippen MR) is 126 cm³/mol. The molecule has 0 fully saturated rings. The Morgan fingerprint density at radius 3 is 1.07 bits per heavy atom. The molecule has 0 heterocycles. The molecular weight excluding hydrogens is 324 g/mol. The van der Waals surface area contributed by atoms with Crippen molar-refractivity contribution in [3.63, 3.8) is 0 Å². The normalized spacial score (nSPS) is 16.7. The molecular formula is C27H56. The molecule has 0 aliphatic heterocycles. The summed E-state index contributed by atoms with van der Waals surface area (Å²) < 4.78 is 0. The van der Waals surface area contributed by atoms with Gasteiger partial charge in [-0.2, -0.15) is 0 Å². The molecule has 0 aromatic carbocycles. The molecule has 0 saturated heterocycles. The molecule has 0 rings (SSSR count). The number of rotatable bonds is 18. The van der Waals surface area contributed by atoms with Crippen LogP contribution in [0.1, 0.15) is 139 Å². The fraction of sp³-hybridized carbons (Fsp3) is 1.00. The Hall–Kier alpha value is 0. The zero-order valence-electron chi connectivity index (χ0n) is 20.7. The van der Waals surface area contributed by atoms with Crippen LogP contribution in [0.4, 0.5) is 0 Å². The highest BCUT2D eigenvalue weighted by molar-refractivity contribution is 4.62. The molecule has 0 radical (unpaired) electrons. The monoisotopic (exact) mass is 380 g/mol. The molecule has 0 aromatic heterocycles. The molecule has 0 aromatic rings. The van der Waals surface area contributed by atoms with Gasteiger partial charge in [0.25, 0.3) is 0 Å². The third-order valence-electron chi connectivity index (χ3n) is 7.01. The maximum absolute atomic E-state index is 2.49. The molecule has 4 unspecified atom stereocenters. The van der Waals surface area contributed by atoms with E-state index < -0.39 is 0 Å². The maximum Gasteiger partial charge on any atom is -0.0420 e. The van der Waals surface area contributed by atoms with Gasteiger partial charge in [0.1, 0.15) is 0 Å². The summed E-state index contributed by atoms with van der Waals surface area (Å²) in [4.78, 5) is 0. The summed E-state index contributed by atoms with van der Waals surface area (Å²) in [7, 11) is 0. The Kier molecular flexibility index (Phi) is 16.9. The molecule has 0 aliphatic carbocycles. The van der Waals surface area contributed by atoms with E-state index in [0.29, 0.717) is 0 Å². The molecule has 0 N–H and O–H groups in total. The minimum absolute atomic E-state index is 0.852. The van der Waals surface area contributed by atoms with Gasteiger partial charge in [0.2, 0.25) is 0 Å². The Morgan fingerprint density at radius 1 is 0.370 bits per heavy atom. The SMILES string of the molecule is CC(C)CCCC(C)CCCC(C)CCCCC(C)CCCC(C)C(C)C. The van der Waals surface area contributed by atoms with E-state index in [1.807, 2.05) is 0 Å². The molecule has 0 amide bonds. The van der Waals surface area contributed by atoms with Gasteiger partial charge in [-0.1, -0.05) is 139 Å². The Morgan fingerprint density at radius 2 is 0.704 bits per heavy atom. The molecule has 164 valence electrons. The Bertz CT molecular complexity index is 303. The third kappa shape index (κ3) is 17.8. The van der Waals surface area contributed by atoms with Crippen LogP contribution in [-0.2, 0) is 0 Å². The zero-order chi connectivity index (χ0) is 20.7. The van der Waals surface area contributed by atoms with Crippen LogP contribution in [-0.4, -0.2) is 0 Å². The lowest BCUT2D eigenvalue weighted by Crippen LogP contribution is -2.05. The zero-order valence-corrected chi connectivity index (χ0v) is 20.7. The largest absolute Gasteiger partial charge is 0.0628 e. The van der Waals surface area contributed by atoms with Gasteiger partial charge in [-0.25, -0.2) is 0 Å². The van der Waals surface area contributed by atoms with Gasteiger partial charge in [0, 0.05) is 0 Å². The molecule has 0 saturated carbocycles. The fourth-order valence-electron chi connectivity index (χ4n) is 4.23. The average molecular weight is 381 g/mol. The van der Waals surface area contributed by atoms with Crippen molar-refractivity contribution in [2.45, 2.75) is 139 Å². The van der Waals surface area contributed by atoms with Crippen LogP contribution in [0.3, 0.4) is 0 Å². The van der Waals surface area contributed by atoms with Crippen LogP contribution in [0.15, 0.2) is 0 Å². The molecule has 0 heteroatoms. The van der Waals surface area contributed by atoms with E-state index in [0.717, 1.165) is 35.5 Å². The minimum atomic E-state index is 0.852. The summed E-state index contributed by atoms with van der Waals surface area (Å²) >= 11 is 0. The first-order chi connectivity index (χ1) is 12.7. The first-order valence-corrected chi connectivity index (χ1v) is 12.7. The van der Waals surface area contributed by atoms with Crippen LogP contribution < -0.4 is 0 Å². The molecule has 0 aliphatic rings. The molecule has 4 atom stereocenters. The second kappa shape index (κ2) is 16.9. The van der Waals surface area contributed by atoms with Crippen molar-refractivity contribution in [2.24, 2.45) is 35.5 Å². The van der Waals surface area contributed by atoms with Crippen LogP contribution in [0.5, 0.6) is 0 Å². The van der Waals surface area contributed by atoms with E-state index in [1.54, 1.807) is 0 Å². The van der Waals surface area contributed by atoms with Crippen LogP contribution in [0.2, 0.25) is 0 Å². The van der Waals surface area contributed by atoms with Gasteiger partial charge in [0.15, 0.2) is 0 Å². The summed E-state index contributed by atoms with van der Waals surface area (Å²) in [5.41, 5.74) is 0. The van der Waals surface area contributed by atoms with Gasteiger partial charge in [-0.15, -0.1) is 0 Å². The third-order valence-corrected chi connectivity index (χ3v) is 7.01. The van der Waals surface area contributed by atoms with Crippen molar-refractivity contribution in [3.8, 4) is 0 Å². The lowest BCUT2D eigenvalue weighted by molar-refractivity contribution is 0.349. The predicted octanol–water partition coefficient (Wildman–Crippen LogP) is 9.91. The van der Waals surface area contributed by atoms with E-state index in [-0.39, 0.29) is 0 Å². The highest BCUT2D eigenvalue weighted by Crippen LogP contribution is 2.24. The first-order valence-electron chi connectivity index (χ1n) is 12.7. The molecule has 0 bridgehead atoms. The number of unbranched alkanes of at least 4 members (excludes halogenated alkanes) is 1. The topological polar surface area (TPSA) is 0 Å². The highest BCUT2D eigenvalue weighted by Gasteiger charge is 2.09. The second-order valence-electron chi connectivity index (χ2n) is 11.0. The maximum atomic E-state index is 2.49. The van der Waals surface area contributed by atoms with Crippen molar-refractivity contribution in [1.29, 1.82) is 0 Å². The second-order valence-corrected chi connectivity index (χ2v) is 11.0. The van der Waals surface area contributed by atoms with Crippen LogP contribution in [0, 0.1) is 35.5 Å². The minimum Gasteiger partial charge on any atom is -0.0628 e. The van der Waals surface area contributed by atoms with Crippen molar-refractivity contribution >= 4 is 0 Å². The van der Waals surface area contributed by atoms with Gasteiger partial charge in [-0.3, -0.25) is 0 Å². The fourth-order valence-corrected chi connectivity index (χ4v) is 4.23. The van der Waals surface area contributed by atoms with Crippen molar-refractivity contribution in [1.82, 2.24) is 0 Å². The average Bonchev–Trinajstić information content (AvgIpc) is 2.58. The summed E-state index contributed by atoms with van der Waals surface area (Å²) in [6, 6.07) is 0. The summed E-state index contributed by atoms with van der Waals surface area (Å²) in [5.74, 6) is 5.45. The lowest BCUT2D eigenvalue weighted by Gasteiger charge is -2.17. The van der Waals surface area contributed by atoms with E-state index in [1.165, 1.54) is 83.5 Å². The van der Waals surface area contributed by atoms with E-state index in [9.17, 15) is 0 Å². The van der Waals surface area contributed by atoms with Gasteiger partial charge < -0.3 is 0 Å². The quantitative estimate of drug-likeness (QED) is 0.207. The smallest absolute Gasteiger partial charge is 0.0420 e. The van der Waals surface area contributed by atoms with E-state index >= 15 is 0 Å². The highest BCUT2D eigenvalue weighted by atomic mass is 14.2. The van der Waals surface area contributed by atoms with Crippen molar-refractivity contribution in [2.75, 3.05) is 0 Å². The molecule has 27 heavy (non-hydrogen) atoms. The van der Waals surface area contributed by atoms with Crippen molar-refractivity contribution in [3.05, 3.63) is 0 Å². The molecule has 0 spiro atoms. The standard InChI is InChI=1S/C27H56/c1-22(2)14-11-17-26(7)19-12-18-24(5)15-9-10-16-25(6)20-13-21-27(8)23(3)4/h22-27H,9-21H2,1-8H3. The first kappa shape index (κ1) is 27.0. The lowest BCUT2D eigenvalue weighted by atomic mass is 9.89. The van der Waals surface area contributed by atoms with Crippen LogP contribution >= 0.6 is 0 Å².